The minimum atomic E-state index is 0.584. The third kappa shape index (κ3) is 4.17. The average molecular weight is 427 g/mol. The molecule has 0 saturated heterocycles. The van der Waals surface area contributed by atoms with Crippen LogP contribution < -0.4 is 10.7 Å². The zero-order chi connectivity index (χ0) is 22.8. The van der Waals surface area contributed by atoms with Gasteiger partial charge in [-0.2, -0.15) is 0 Å². The van der Waals surface area contributed by atoms with Gasteiger partial charge in [0.05, 0.1) is 5.36 Å². The lowest BCUT2D eigenvalue weighted by molar-refractivity contribution is 0.618. The van der Waals surface area contributed by atoms with Crippen LogP contribution in [-0.4, -0.2) is 13.1 Å². The monoisotopic (exact) mass is 426 g/mol. The van der Waals surface area contributed by atoms with Gasteiger partial charge in [0, 0.05) is 47.4 Å². The van der Waals surface area contributed by atoms with E-state index in [0.717, 1.165) is 52.8 Å². The highest BCUT2D eigenvalue weighted by Gasteiger charge is 2.21. The molecule has 0 fully saturated rings. The van der Waals surface area contributed by atoms with Gasteiger partial charge in [-0.25, -0.2) is 0 Å². The van der Waals surface area contributed by atoms with E-state index in [2.05, 4.69) is 100 Å². The van der Waals surface area contributed by atoms with Gasteiger partial charge in [0.15, 0.2) is 0 Å². The maximum absolute atomic E-state index is 6.51. The van der Waals surface area contributed by atoms with E-state index >= 15 is 0 Å². The van der Waals surface area contributed by atoms with Crippen LogP contribution in [0, 0.1) is 19.8 Å². The van der Waals surface area contributed by atoms with Gasteiger partial charge in [-0.05, 0) is 74.4 Å². The Morgan fingerprint density at radius 3 is 2.44 bits per heavy atom. The van der Waals surface area contributed by atoms with E-state index in [-0.39, 0.29) is 0 Å². The molecule has 0 radical (unpaired) electrons. The fourth-order valence-corrected chi connectivity index (χ4v) is 4.58. The predicted octanol–water partition coefficient (Wildman–Crippen LogP) is 7.37. The topological polar surface area (TPSA) is 37.5 Å². The van der Waals surface area contributed by atoms with Gasteiger partial charge in [0.25, 0.3) is 0 Å². The molecule has 3 heteroatoms. The Morgan fingerprint density at radius 2 is 1.72 bits per heavy atom. The van der Waals surface area contributed by atoms with Crippen LogP contribution in [0.15, 0.2) is 57.9 Å². The Morgan fingerprint density at radius 1 is 0.938 bits per heavy atom. The predicted molar refractivity (Wildman–Crippen MR) is 137 cm³/mol. The second kappa shape index (κ2) is 9.20. The molecule has 0 aromatic heterocycles. The molecule has 0 bridgehead atoms. The van der Waals surface area contributed by atoms with Gasteiger partial charge in [-0.3, -0.25) is 4.99 Å². The molecule has 3 nitrogen and oxygen atoms in total. The van der Waals surface area contributed by atoms with Crippen molar-refractivity contribution in [1.82, 2.24) is 0 Å². The molecule has 32 heavy (non-hydrogen) atoms. The number of benzene rings is 3. The molecule has 0 amide bonds. The summed E-state index contributed by atoms with van der Waals surface area (Å²) < 4.78 is 6.51. The Hall–Kier alpha value is -3.07. The molecule has 0 saturated carbocycles. The molecule has 2 aromatic carbocycles. The summed E-state index contributed by atoms with van der Waals surface area (Å²) >= 11 is 0. The van der Waals surface area contributed by atoms with Crippen LogP contribution in [0.1, 0.15) is 44.4 Å². The Labute approximate surface area is 191 Å². The smallest absolute Gasteiger partial charge is 0.137 e. The first-order valence-electron chi connectivity index (χ1n) is 11.8. The number of hydrogen-bond donors (Lipinski definition) is 1. The van der Waals surface area contributed by atoms with Crippen LogP contribution in [0.25, 0.3) is 33.4 Å². The lowest BCUT2D eigenvalue weighted by Gasteiger charge is -2.20. The van der Waals surface area contributed by atoms with E-state index in [1.807, 2.05) is 0 Å². The molecule has 166 valence electrons. The molecular formula is C29H34N2O. The first kappa shape index (κ1) is 22.1. The Kier molecular flexibility index (Phi) is 6.36. The summed E-state index contributed by atoms with van der Waals surface area (Å²) in [6.07, 6.45) is 1.04. The molecule has 2 aliphatic rings. The van der Waals surface area contributed by atoms with Crippen LogP contribution in [-0.2, 0) is 6.42 Å². The quantitative estimate of drug-likeness (QED) is 0.327. The lowest BCUT2D eigenvalue weighted by Crippen LogP contribution is -2.09. The minimum absolute atomic E-state index is 0.584. The van der Waals surface area contributed by atoms with Crippen LogP contribution in [0.5, 0.6) is 0 Å². The van der Waals surface area contributed by atoms with E-state index in [1.54, 1.807) is 0 Å². The lowest BCUT2D eigenvalue weighted by atomic mass is 9.87. The van der Waals surface area contributed by atoms with Gasteiger partial charge >= 0.3 is 0 Å². The van der Waals surface area contributed by atoms with Crippen LogP contribution in [0.2, 0.25) is 0 Å². The van der Waals surface area contributed by atoms with Crippen LogP contribution in [0.4, 0.5) is 5.69 Å². The molecule has 4 rings (SSSR count). The third-order valence-corrected chi connectivity index (χ3v) is 5.99. The van der Waals surface area contributed by atoms with Gasteiger partial charge < -0.3 is 9.73 Å². The molecular weight excluding hydrogens is 392 g/mol. The fraction of sp³-hybridized carbons (Fsp3) is 0.345. The van der Waals surface area contributed by atoms with Crippen LogP contribution >= 0.6 is 0 Å². The molecule has 1 aliphatic heterocycles. The molecule has 1 N–H and O–H groups in total. The second-order valence-corrected chi connectivity index (χ2v) is 9.03. The average Bonchev–Trinajstić information content (AvgIpc) is 2.75. The zero-order valence-corrected chi connectivity index (χ0v) is 20.2. The summed E-state index contributed by atoms with van der Waals surface area (Å²) in [5.74, 6) is 1.47. The maximum atomic E-state index is 6.51. The first-order chi connectivity index (χ1) is 15.4. The zero-order valence-electron chi connectivity index (χ0n) is 20.2. The number of rotatable bonds is 6. The summed E-state index contributed by atoms with van der Waals surface area (Å²) in [6, 6.07) is 17.6. The van der Waals surface area contributed by atoms with E-state index in [4.69, 9.17) is 4.42 Å². The molecule has 0 spiro atoms. The largest absolute Gasteiger partial charge is 0.456 e. The van der Waals surface area contributed by atoms with Gasteiger partial charge in [-0.1, -0.05) is 38.1 Å². The highest BCUT2D eigenvalue weighted by Crippen LogP contribution is 2.43. The summed E-state index contributed by atoms with van der Waals surface area (Å²) in [6.45, 7) is 14.7. The number of nitrogens with zero attached hydrogens (tertiary/aromatic N) is 1. The van der Waals surface area contributed by atoms with E-state index in [0.29, 0.717) is 5.92 Å². The molecule has 0 atom stereocenters. The molecule has 1 aliphatic carbocycles. The van der Waals surface area contributed by atoms with Gasteiger partial charge in [-0.15, -0.1) is 0 Å². The third-order valence-electron chi connectivity index (χ3n) is 5.99. The maximum Gasteiger partial charge on any atom is 0.137 e. The SMILES string of the molecule is CC/N=c1\cc2oc3cc(NCC)c(C)cc3c(-c3ccccc3CC(C)C)c-2cc1C. The van der Waals surface area contributed by atoms with Crippen molar-refractivity contribution in [2.45, 2.75) is 48.0 Å². The van der Waals surface area contributed by atoms with Crippen LogP contribution in [0.3, 0.4) is 0 Å². The molecule has 0 unspecified atom stereocenters. The minimum Gasteiger partial charge on any atom is -0.456 e. The van der Waals surface area contributed by atoms with E-state index in [1.165, 1.54) is 27.8 Å². The highest BCUT2D eigenvalue weighted by atomic mass is 16.3. The summed E-state index contributed by atoms with van der Waals surface area (Å²) in [7, 11) is 0. The van der Waals surface area contributed by atoms with Crippen molar-refractivity contribution in [3.05, 3.63) is 70.6 Å². The molecule has 2 aromatic rings. The Bertz CT molecular complexity index is 1300. The second-order valence-electron chi connectivity index (χ2n) is 9.03. The fourth-order valence-electron chi connectivity index (χ4n) is 4.58. The molecule has 1 heterocycles. The summed E-state index contributed by atoms with van der Waals surface area (Å²) in [5, 5.41) is 5.64. The van der Waals surface area contributed by atoms with Gasteiger partial charge in [0.1, 0.15) is 11.3 Å². The van der Waals surface area contributed by atoms with Crippen molar-refractivity contribution in [3.63, 3.8) is 0 Å². The number of hydrogen-bond acceptors (Lipinski definition) is 3. The van der Waals surface area contributed by atoms with Crippen molar-refractivity contribution in [2.75, 3.05) is 18.4 Å². The van der Waals surface area contributed by atoms with E-state index in [9.17, 15) is 0 Å². The Balaban J connectivity index is 2.15. The van der Waals surface area contributed by atoms with Crippen molar-refractivity contribution < 1.29 is 4.42 Å². The van der Waals surface area contributed by atoms with Gasteiger partial charge in [0.2, 0.25) is 0 Å². The number of fused-ring (bicyclic) bond motifs is 2. The number of aryl methyl sites for hydroxylation is 2. The summed E-state index contributed by atoms with van der Waals surface area (Å²) in [5.41, 5.74) is 9.51. The van der Waals surface area contributed by atoms with E-state index < -0.39 is 0 Å². The first-order valence-corrected chi connectivity index (χ1v) is 11.8. The summed E-state index contributed by atoms with van der Waals surface area (Å²) in [4.78, 5) is 4.68. The number of anilines is 1. The number of nitrogens with one attached hydrogen (secondary N) is 1. The highest BCUT2D eigenvalue weighted by molar-refractivity contribution is 6.03. The van der Waals surface area contributed by atoms with Crippen molar-refractivity contribution in [1.29, 1.82) is 0 Å². The van der Waals surface area contributed by atoms with Crippen molar-refractivity contribution in [3.8, 4) is 22.5 Å². The normalized spacial score (nSPS) is 12.3. The van der Waals surface area contributed by atoms with Crippen molar-refractivity contribution in [2.24, 2.45) is 10.9 Å². The standard InChI is InChI=1S/C29H34N2O/c1-7-30-25-16-27-23(14-19(25)5)29(22-12-10-9-11-21(22)13-18(3)4)24-15-20(6)26(31-8-2)17-28(24)32-27/h9-12,14-18,30H,7-8,13H2,1-6H3/b31-26+. The van der Waals surface area contributed by atoms with Crippen molar-refractivity contribution >= 4 is 16.7 Å².